The summed E-state index contributed by atoms with van der Waals surface area (Å²) in [6.07, 6.45) is 0.735. The lowest BCUT2D eigenvalue weighted by atomic mass is 9.83. The zero-order valence-electron chi connectivity index (χ0n) is 13.5. The predicted molar refractivity (Wildman–Crippen MR) is 85.5 cm³/mol. The molecular weight excluding hydrogens is 318 g/mol. The summed E-state index contributed by atoms with van der Waals surface area (Å²) in [4.78, 5) is 28.7. The molecule has 0 saturated carbocycles. The van der Waals surface area contributed by atoms with E-state index in [0.29, 0.717) is 30.2 Å². The van der Waals surface area contributed by atoms with Gasteiger partial charge in [-0.1, -0.05) is 18.5 Å². The molecule has 1 N–H and O–H groups in total. The van der Waals surface area contributed by atoms with E-state index in [1.54, 1.807) is 11.8 Å². The molecule has 23 heavy (non-hydrogen) atoms. The Labute approximate surface area is 140 Å². The standard InChI is InChI=1S/C16H20ClN3O3/c1-9-8-20(16(22)23-3)5-4-11(9)6-13(21)15-12(7-18)14(17)10(2)19-15/h9,11,19H,4-6,8H2,1-3H3/t9-,11-/m0/s1. The highest BCUT2D eigenvalue weighted by molar-refractivity contribution is 6.33. The van der Waals surface area contributed by atoms with Gasteiger partial charge < -0.3 is 14.6 Å². The van der Waals surface area contributed by atoms with Crippen LogP contribution < -0.4 is 0 Å². The molecule has 2 heterocycles. The summed E-state index contributed by atoms with van der Waals surface area (Å²) in [5.41, 5.74) is 1.13. The lowest BCUT2D eigenvalue weighted by Crippen LogP contribution is -2.43. The van der Waals surface area contributed by atoms with E-state index in [9.17, 15) is 14.9 Å². The van der Waals surface area contributed by atoms with Crippen molar-refractivity contribution < 1.29 is 14.3 Å². The summed E-state index contributed by atoms with van der Waals surface area (Å²) in [5.74, 6) is 0.237. The smallest absolute Gasteiger partial charge is 0.409 e. The van der Waals surface area contributed by atoms with Gasteiger partial charge in [0.1, 0.15) is 11.8 Å². The number of carbonyl (C=O) groups excluding carboxylic acids is 2. The fourth-order valence-corrected chi connectivity index (χ4v) is 3.23. The molecule has 0 spiro atoms. The quantitative estimate of drug-likeness (QED) is 0.858. The van der Waals surface area contributed by atoms with Crippen molar-refractivity contribution in [3.8, 4) is 6.07 Å². The molecule has 0 aliphatic carbocycles. The molecule has 1 aliphatic heterocycles. The molecule has 124 valence electrons. The fraction of sp³-hybridized carbons (Fsp3) is 0.562. The van der Waals surface area contributed by atoms with Gasteiger partial charge in [-0.3, -0.25) is 4.79 Å². The van der Waals surface area contributed by atoms with Crippen molar-refractivity contribution >= 4 is 23.5 Å². The number of nitrogens with one attached hydrogen (secondary N) is 1. The number of Topliss-reactive ketones (excluding diaryl/α,β-unsaturated/α-hetero) is 1. The molecule has 2 rings (SSSR count). The van der Waals surface area contributed by atoms with Crippen LogP contribution >= 0.6 is 11.6 Å². The second kappa shape index (κ2) is 7.05. The summed E-state index contributed by atoms with van der Waals surface area (Å²) in [6.45, 7) is 4.90. The molecule has 1 amide bonds. The van der Waals surface area contributed by atoms with E-state index in [4.69, 9.17) is 16.3 Å². The predicted octanol–water partition coefficient (Wildman–Crippen LogP) is 3.15. The molecule has 7 heteroatoms. The van der Waals surface area contributed by atoms with E-state index in [0.717, 1.165) is 6.42 Å². The zero-order chi connectivity index (χ0) is 17.1. The monoisotopic (exact) mass is 337 g/mol. The zero-order valence-corrected chi connectivity index (χ0v) is 14.2. The minimum Gasteiger partial charge on any atom is -0.453 e. The Morgan fingerprint density at radius 1 is 1.52 bits per heavy atom. The summed E-state index contributed by atoms with van der Waals surface area (Å²) < 4.78 is 4.73. The summed E-state index contributed by atoms with van der Waals surface area (Å²) >= 11 is 6.04. The van der Waals surface area contributed by atoms with Crippen LogP contribution in [0.2, 0.25) is 5.02 Å². The summed E-state index contributed by atoms with van der Waals surface area (Å²) in [7, 11) is 1.36. The maximum Gasteiger partial charge on any atom is 0.409 e. The number of aromatic amines is 1. The van der Waals surface area contributed by atoms with Crippen molar-refractivity contribution in [2.24, 2.45) is 11.8 Å². The van der Waals surface area contributed by atoms with Crippen LogP contribution in [0.5, 0.6) is 0 Å². The van der Waals surface area contributed by atoms with Crippen LogP contribution in [-0.2, 0) is 4.74 Å². The first-order valence-electron chi connectivity index (χ1n) is 7.53. The molecule has 2 atom stereocenters. The summed E-state index contributed by atoms with van der Waals surface area (Å²) in [6, 6.07) is 1.99. The van der Waals surface area contributed by atoms with Gasteiger partial charge in [0.2, 0.25) is 0 Å². The Morgan fingerprint density at radius 2 is 2.22 bits per heavy atom. The molecule has 0 radical (unpaired) electrons. The fourth-order valence-electron chi connectivity index (χ4n) is 3.05. The highest BCUT2D eigenvalue weighted by Crippen LogP contribution is 2.30. The average Bonchev–Trinajstić information content (AvgIpc) is 2.83. The van der Waals surface area contributed by atoms with E-state index >= 15 is 0 Å². The largest absolute Gasteiger partial charge is 0.453 e. The lowest BCUT2D eigenvalue weighted by Gasteiger charge is -2.35. The number of nitrogens with zero attached hydrogens (tertiary/aromatic N) is 2. The number of hydrogen-bond donors (Lipinski definition) is 1. The van der Waals surface area contributed by atoms with Gasteiger partial charge in [0, 0.05) is 25.2 Å². The molecule has 1 aliphatic rings. The number of carbonyl (C=O) groups is 2. The Balaban J connectivity index is 2.06. The van der Waals surface area contributed by atoms with Crippen molar-refractivity contribution in [1.29, 1.82) is 5.26 Å². The first kappa shape index (κ1) is 17.4. The van der Waals surface area contributed by atoms with E-state index in [-0.39, 0.29) is 35.0 Å². The Hall–Kier alpha value is -2.00. The first-order valence-corrected chi connectivity index (χ1v) is 7.91. The van der Waals surface area contributed by atoms with Crippen LogP contribution in [0.25, 0.3) is 0 Å². The Bertz CT molecular complexity index is 662. The van der Waals surface area contributed by atoms with Crippen LogP contribution in [0.15, 0.2) is 0 Å². The number of aromatic nitrogens is 1. The first-order chi connectivity index (χ1) is 10.9. The SMILES string of the molecule is COC(=O)N1CC[C@@H](CC(=O)c2[nH]c(C)c(Cl)c2C#N)[C@@H](C)C1. The molecule has 1 aromatic heterocycles. The molecule has 1 fully saturated rings. The molecule has 0 bridgehead atoms. The second-order valence-electron chi connectivity index (χ2n) is 6.00. The number of likely N-dealkylation sites (tertiary alicyclic amines) is 1. The Morgan fingerprint density at radius 3 is 2.78 bits per heavy atom. The highest BCUT2D eigenvalue weighted by atomic mass is 35.5. The number of piperidine rings is 1. The number of aryl methyl sites for hydroxylation is 1. The number of methoxy groups -OCH3 is 1. The van der Waals surface area contributed by atoms with Crippen molar-refractivity contribution in [3.05, 3.63) is 22.0 Å². The number of ketones is 1. The van der Waals surface area contributed by atoms with Gasteiger partial charge in [-0.15, -0.1) is 0 Å². The minimum atomic E-state index is -0.333. The van der Waals surface area contributed by atoms with Crippen molar-refractivity contribution in [2.45, 2.75) is 26.7 Å². The van der Waals surface area contributed by atoms with Crippen LogP contribution in [-0.4, -0.2) is 42.0 Å². The maximum atomic E-state index is 12.5. The van der Waals surface area contributed by atoms with Gasteiger partial charge in [-0.2, -0.15) is 5.26 Å². The molecule has 1 aromatic rings. The number of nitriles is 1. The summed E-state index contributed by atoms with van der Waals surface area (Å²) in [5, 5.41) is 9.49. The maximum absolute atomic E-state index is 12.5. The van der Waals surface area contributed by atoms with Gasteiger partial charge in [-0.25, -0.2) is 4.79 Å². The van der Waals surface area contributed by atoms with Gasteiger partial charge in [0.15, 0.2) is 5.78 Å². The van der Waals surface area contributed by atoms with Crippen LogP contribution in [0, 0.1) is 30.1 Å². The number of hydrogen-bond acceptors (Lipinski definition) is 4. The van der Waals surface area contributed by atoms with Gasteiger partial charge in [0.05, 0.1) is 17.7 Å². The van der Waals surface area contributed by atoms with Crippen molar-refractivity contribution in [3.63, 3.8) is 0 Å². The van der Waals surface area contributed by atoms with E-state index in [1.807, 2.05) is 13.0 Å². The molecular formula is C16H20ClN3O3. The molecule has 0 aromatic carbocycles. The third-order valence-electron chi connectivity index (χ3n) is 4.47. The molecule has 1 saturated heterocycles. The number of ether oxygens (including phenoxy) is 1. The number of halogens is 1. The molecule has 0 unspecified atom stereocenters. The lowest BCUT2D eigenvalue weighted by molar-refractivity contribution is 0.0766. The van der Waals surface area contributed by atoms with Crippen molar-refractivity contribution in [1.82, 2.24) is 9.88 Å². The van der Waals surface area contributed by atoms with Gasteiger partial charge >= 0.3 is 6.09 Å². The third kappa shape index (κ3) is 3.50. The van der Waals surface area contributed by atoms with Gasteiger partial charge in [-0.05, 0) is 25.2 Å². The van der Waals surface area contributed by atoms with Gasteiger partial charge in [0.25, 0.3) is 0 Å². The van der Waals surface area contributed by atoms with E-state index in [1.165, 1.54) is 7.11 Å². The van der Waals surface area contributed by atoms with Crippen LogP contribution in [0.3, 0.4) is 0 Å². The highest BCUT2D eigenvalue weighted by Gasteiger charge is 2.31. The van der Waals surface area contributed by atoms with Crippen molar-refractivity contribution in [2.75, 3.05) is 20.2 Å². The normalized spacial score (nSPS) is 20.9. The van der Waals surface area contributed by atoms with Crippen LogP contribution in [0.1, 0.15) is 41.5 Å². The third-order valence-corrected chi connectivity index (χ3v) is 4.94. The second-order valence-corrected chi connectivity index (χ2v) is 6.37. The Kier molecular flexibility index (Phi) is 5.32. The average molecular weight is 338 g/mol. The van der Waals surface area contributed by atoms with E-state index < -0.39 is 0 Å². The topological polar surface area (TPSA) is 86.2 Å². The van der Waals surface area contributed by atoms with E-state index in [2.05, 4.69) is 4.98 Å². The molecule has 6 nitrogen and oxygen atoms in total. The van der Waals surface area contributed by atoms with Crippen LogP contribution in [0.4, 0.5) is 4.79 Å². The number of H-pyrrole nitrogens is 1. The number of rotatable bonds is 3. The number of amides is 1. The minimum absolute atomic E-state index is 0.111.